The fourth-order valence-electron chi connectivity index (χ4n) is 4.08. The van der Waals surface area contributed by atoms with Gasteiger partial charge in [-0.2, -0.15) is 0 Å². The number of carbonyl (C=O) groups excluding carboxylic acids is 2. The molecule has 2 aliphatic heterocycles. The molecule has 2 fully saturated rings. The van der Waals surface area contributed by atoms with E-state index in [9.17, 15) is 9.59 Å². The van der Waals surface area contributed by atoms with Gasteiger partial charge in [-0.3, -0.25) is 15.0 Å². The quantitative estimate of drug-likeness (QED) is 0.829. The van der Waals surface area contributed by atoms with Crippen molar-refractivity contribution in [3.05, 3.63) is 48.2 Å². The van der Waals surface area contributed by atoms with Crippen LogP contribution in [0.15, 0.2) is 47.1 Å². The fourth-order valence-corrected chi connectivity index (χ4v) is 4.08. The Kier molecular flexibility index (Phi) is 4.28. The van der Waals surface area contributed by atoms with Gasteiger partial charge in [0.25, 0.3) is 5.91 Å². The van der Waals surface area contributed by atoms with Crippen molar-refractivity contribution < 1.29 is 14.0 Å². The molecule has 0 unspecified atom stereocenters. The molecule has 6 heteroatoms. The number of furan rings is 1. The van der Waals surface area contributed by atoms with E-state index in [1.807, 2.05) is 31.2 Å². The van der Waals surface area contributed by atoms with Gasteiger partial charge < -0.3 is 9.73 Å². The highest BCUT2D eigenvalue weighted by Crippen LogP contribution is 2.32. The summed E-state index contributed by atoms with van der Waals surface area (Å²) in [6, 6.07) is 11.8. The van der Waals surface area contributed by atoms with Crippen LogP contribution in [0.2, 0.25) is 0 Å². The average Bonchev–Trinajstić information content (AvgIpc) is 3.25. The van der Waals surface area contributed by atoms with E-state index in [1.165, 1.54) is 5.56 Å². The molecule has 0 radical (unpaired) electrons. The molecule has 1 aromatic carbocycles. The van der Waals surface area contributed by atoms with Gasteiger partial charge >= 0.3 is 6.03 Å². The highest BCUT2D eigenvalue weighted by molar-refractivity contribution is 6.06. The lowest BCUT2D eigenvalue weighted by Crippen LogP contribution is -2.53. The molecule has 2 aliphatic rings. The van der Waals surface area contributed by atoms with E-state index >= 15 is 0 Å². The van der Waals surface area contributed by atoms with Crippen LogP contribution in [0.5, 0.6) is 0 Å². The minimum absolute atomic E-state index is 0.158. The van der Waals surface area contributed by atoms with Gasteiger partial charge in [0.15, 0.2) is 0 Å². The maximum Gasteiger partial charge on any atom is 0.322 e. The van der Waals surface area contributed by atoms with E-state index < -0.39 is 5.54 Å². The van der Waals surface area contributed by atoms with Crippen LogP contribution in [-0.2, 0) is 11.3 Å². The van der Waals surface area contributed by atoms with Crippen molar-refractivity contribution in [2.24, 2.45) is 5.92 Å². The Morgan fingerprint density at radius 2 is 1.92 bits per heavy atom. The number of nitrogens with one attached hydrogen (secondary N) is 2. The Morgan fingerprint density at radius 1 is 1.15 bits per heavy atom. The number of nitrogens with zero attached hydrogens (tertiary/aromatic N) is 1. The van der Waals surface area contributed by atoms with Crippen molar-refractivity contribution >= 4 is 11.9 Å². The Morgan fingerprint density at radius 3 is 2.58 bits per heavy atom. The second-order valence-electron chi connectivity index (χ2n) is 7.30. The molecular weight excluding hydrogens is 330 g/mol. The summed E-state index contributed by atoms with van der Waals surface area (Å²) >= 11 is 0. The number of benzene rings is 1. The third-order valence-electron chi connectivity index (χ3n) is 5.67. The summed E-state index contributed by atoms with van der Waals surface area (Å²) in [5.41, 5.74) is 1.57. The Labute approximate surface area is 152 Å². The molecule has 3 amide bonds. The van der Waals surface area contributed by atoms with Gasteiger partial charge in [-0.25, -0.2) is 4.79 Å². The smallest absolute Gasteiger partial charge is 0.322 e. The predicted molar refractivity (Wildman–Crippen MR) is 97.2 cm³/mol. The summed E-state index contributed by atoms with van der Waals surface area (Å²) < 4.78 is 5.57. The standard InChI is InChI=1S/C20H23N3O3/c1-20(18(24)21-19(25)22-20)15-8-10-23(11-9-15)13-14-5-2-3-6-16(14)17-7-4-12-26-17/h2-7,12,15H,8-11,13H2,1H3,(H2,21,22,24,25)/t20-/m0/s1. The van der Waals surface area contributed by atoms with Gasteiger partial charge in [0.05, 0.1) is 6.26 Å². The van der Waals surface area contributed by atoms with Crippen molar-refractivity contribution in [1.29, 1.82) is 0 Å². The number of urea groups is 1. The molecule has 4 rings (SSSR count). The predicted octanol–water partition coefficient (Wildman–Crippen LogP) is 2.76. The van der Waals surface area contributed by atoms with Gasteiger partial charge in [-0.05, 0) is 56.5 Å². The number of imide groups is 1. The van der Waals surface area contributed by atoms with E-state index in [0.717, 1.165) is 43.8 Å². The fraction of sp³-hybridized carbons (Fsp3) is 0.400. The zero-order valence-corrected chi connectivity index (χ0v) is 14.8. The third kappa shape index (κ3) is 3.01. The van der Waals surface area contributed by atoms with Crippen LogP contribution in [0.4, 0.5) is 4.79 Å². The largest absolute Gasteiger partial charge is 0.464 e. The molecule has 2 N–H and O–H groups in total. The third-order valence-corrected chi connectivity index (χ3v) is 5.67. The summed E-state index contributed by atoms with van der Waals surface area (Å²) in [5, 5.41) is 5.18. The Hall–Kier alpha value is -2.60. The van der Waals surface area contributed by atoms with E-state index in [0.29, 0.717) is 0 Å². The lowest BCUT2D eigenvalue weighted by atomic mass is 9.79. The molecular formula is C20H23N3O3. The van der Waals surface area contributed by atoms with Crippen LogP contribution >= 0.6 is 0 Å². The highest BCUT2D eigenvalue weighted by Gasteiger charge is 2.48. The molecule has 6 nitrogen and oxygen atoms in total. The normalized spacial score (nSPS) is 24.5. The van der Waals surface area contributed by atoms with Crippen LogP contribution in [-0.4, -0.2) is 35.5 Å². The van der Waals surface area contributed by atoms with E-state index in [4.69, 9.17) is 4.42 Å². The van der Waals surface area contributed by atoms with E-state index in [-0.39, 0.29) is 17.9 Å². The number of rotatable bonds is 4. The van der Waals surface area contributed by atoms with Crippen LogP contribution in [0.1, 0.15) is 25.3 Å². The first-order valence-electron chi connectivity index (χ1n) is 9.04. The molecule has 1 atom stereocenters. The molecule has 0 spiro atoms. The second kappa shape index (κ2) is 6.61. The van der Waals surface area contributed by atoms with Gasteiger partial charge in [-0.15, -0.1) is 0 Å². The van der Waals surface area contributed by atoms with Gasteiger partial charge in [-0.1, -0.05) is 24.3 Å². The van der Waals surface area contributed by atoms with Crippen molar-refractivity contribution in [3.63, 3.8) is 0 Å². The molecule has 0 bridgehead atoms. The van der Waals surface area contributed by atoms with E-state index in [2.05, 4.69) is 27.7 Å². The zero-order valence-electron chi connectivity index (χ0n) is 14.8. The zero-order chi connectivity index (χ0) is 18.1. The lowest BCUT2D eigenvalue weighted by molar-refractivity contribution is -0.125. The number of piperidine rings is 1. The summed E-state index contributed by atoms with van der Waals surface area (Å²) in [7, 11) is 0. The maximum absolute atomic E-state index is 12.1. The SMILES string of the molecule is C[C@@]1(C2CCN(Cc3ccccc3-c3ccco3)CC2)NC(=O)NC1=O. The second-order valence-corrected chi connectivity index (χ2v) is 7.30. The monoisotopic (exact) mass is 353 g/mol. The first kappa shape index (κ1) is 16.8. The Balaban J connectivity index is 1.42. The van der Waals surface area contributed by atoms with Crippen molar-refractivity contribution in [2.75, 3.05) is 13.1 Å². The van der Waals surface area contributed by atoms with Crippen LogP contribution in [0, 0.1) is 5.92 Å². The average molecular weight is 353 g/mol. The summed E-state index contributed by atoms with van der Waals surface area (Å²) in [4.78, 5) is 26.0. The lowest BCUT2D eigenvalue weighted by Gasteiger charge is -2.38. The molecule has 0 saturated carbocycles. The summed E-state index contributed by atoms with van der Waals surface area (Å²) in [6.07, 6.45) is 3.46. The summed E-state index contributed by atoms with van der Waals surface area (Å²) in [6.45, 7) is 4.48. The summed E-state index contributed by atoms with van der Waals surface area (Å²) in [5.74, 6) is 0.836. The minimum atomic E-state index is -0.782. The number of amides is 3. The van der Waals surface area contributed by atoms with E-state index in [1.54, 1.807) is 6.26 Å². The van der Waals surface area contributed by atoms with Gasteiger partial charge in [0.2, 0.25) is 0 Å². The molecule has 3 heterocycles. The van der Waals surface area contributed by atoms with Crippen LogP contribution in [0.3, 0.4) is 0 Å². The molecule has 26 heavy (non-hydrogen) atoms. The number of hydrogen-bond acceptors (Lipinski definition) is 4. The molecule has 1 aromatic heterocycles. The van der Waals surface area contributed by atoms with Gasteiger partial charge in [0.1, 0.15) is 11.3 Å². The van der Waals surface area contributed by atoms with Crippen molar-refractivity contribution in [2.45, 2.75) is 31.8 Å². The minimum Gasteiger partial charge on any atom is -0.464 e. The molecule has 136 valence electrons. The Bertz CT molecular complexity index is 809. The first-order valence-corrected chi connectivity index (χ1v) is 9.04. The van der Waals surface area contributed by atoms with Crippen molar-refractivity contribution in [3.8, 4) is 11.3 Å². The molecule has 2 aromatic rings. The maximum atomic E-state index is 12.1. The van der Waals surface area contributed by atoms with Crippen LogP contribution in [0.25, 0.3) is 11.3 Å². The number of hydrogen-bond donors (Lipinski definition) is 2. The van der Waals surface area contributed by atoms with Crippen LogP contribution < -0.4 is 10.6 Å². The van der Waals surface area contributed by atoms with Gasteiger partial charge in [0, 0.05) is 12.1 Å². The highest BCUT2D eigenvalue weighted by atomic mass is 16.3. The molecule has 0 aliphatic carbocycles. The van der Waals surface area contributed by atoms with Crippen molar-refractivity contribution in [1.82, 2.24) is 15.5 Å². The molecule has 2 saturated heterocycles. The number of carbonyl (C=O) groups is 2. The number of likely N-dealkylation sites (tertiary alicyclic amines) is 1. The first-order chi connectivity index (χ1) is 12.6. The topological polar surface area (TPSA) is 74.6 Å².